The van der Waals surface area contributed by atoms with Crippen molar-refractivity contribution in [1.29, 1.82) is 0 Å². The average Bonchev–Trinajstić information content (AvgIpc) is 3.51. The van der Waals surface area contributed by atoms with Crippen LogP contribution in [0.4, 0.5) is 8.78 Å². The van der Waals surface area contributed by atoms with Crippen molar-refractivity contribution >= 4 is 43.0 Å². The van der Waals surface area contributed by atoms with Gasteiger partial charge in [0.15, 0.2) is 5.65 Å². The molecule has 0 aliphatic carbocycles. The van der Waals surface area contributed by atoms with Crippen molar-refractivity contribution in [2.75, 3.05) is 26.8 Å². The molecule has 1 saturated heterocycles. The first-order valence-electron chi connectivity index (χ1n) is 11.7. The Morgan fingerprint density at radius 2 is 1.89 bits per heavy atom. The molecular weight excluding hydrogens is 582 g/mol. The summed E-state index contributed by atoms with van der Waals surface area (Å²) in [6.07, 6.45) is 3.34. The number of fused-ring (bicyclic) bond motifs is 1. The third-order valence-electron chi connectivity index (χ3n) is 6.48. The second-order valence-corrected chi connectivity index (χ2v) is 11.9. The van der Waals surface area contributed by atoms with Gasteiger partial charge in [0.25, 0.3) is 15.9 Å². The van der Waals surface area contributed by atoms with E-state index >= 15 is 8.78 Å². The normalized spacial score (nSPS) is 15.8. The number of hydrogen-bond donors (Lipinski definition) is 0. The lowest BCUT2D eigenvalue weighted by molar-refractivity contribution is 0.0756. The predicted octanol–water partition coefficient (Wildman–Crippen LogP) is 4.79. The summed E-state index contributed by atoms with van der Waals surface area (Å²) in [6, 6.07) is 8.27. The number of ether oxygens (including phenoxy) is 1. The molecular formula is C26H23BrF2N4O4S. The van der Waals surface area contributed by atoms with E-state index in [9.17, 15) is 13.2 Å². The molecule has 2 aromatic heterocycles. The second kappa shape index (κ2) is 10.2. The molecule has 1 unspecified atom stereocenters. The molecule has 12 heteroatoms. The molecule has 1 fully saturated rings. The fourth-order valence-electron chi connectivity index (χ4n) is 4.48. The molecule has 0 saturated carbocycles. The van der Waals surface area contributed by atoms with E-state index in [0.29, 0.717) is 24.4 Å². The van der Waals surface area contributed by atoms with Gasteiger partial charge in [-0.15, -0.1) is 0 Å². The van der Waals surface area contributed by atoms with Gasteiger partial charge in [-0.2, -0.15) is 0 Å². The number of hydrogen-bond acceptors (Lipinski definition) is 6. The fourth-order valence-corrected chi connectivity index (χ4v) is 6.07. The van der Waals surface area contributed by atoms with Crippen molar-refractivity contribution in [2.24, 2.45) is 5.92 Å². The maximum Gasteiger partial charge on any atom is 0.269 e. The minimum absolute atomic E-state index is 0.0109. The van der Waals surface area contributed by atoms with Gasteiger partial charge in [-0.05, 0) is 59.1 Å². The smallest absolute Gasteiger partial charge is 0.269 e. The van der Waals surface area contributed by atoms with Crippen molar-refractivity contribution in [3.8, 4) is 11.1 Å². The molecule has 0 radical (unpaired) electrons. The first-order valence-corrected chi connectivity index (χ1v) is 14.0. The average molecular weight is 605 g/mol. The first-order chi connectivity index (χ1) is 18.1. The van der Waals surface area contributed by atoms with Crippen molar-refractivity contribution < 1.29 is 26.7 Å². The Kier molecular flexibility index (Phi) is 7.05. The molecule has 1 aliphatic heterocycles. The number of aromatic nitrogens is 3. The highest BCUT2D eigenvalue weighted by Gasteiger charge is 2.28. The number of carbonyl (C=O) groups excluding carboxylic acids is 1. The Bertz CT molecular complexity index is 1630. The largest absolute Gasteiger partial charge is 0.381 e. The van der Waals surface area contributed by atoms with Crippen LogP contribution in [0.15, 0.2) is 58.3 Å². The van der Waals surface area contributed by atoms with E-state index in [1.165, 1.54) is 36.5 Å². The van der Waals surface area contributed by atoms with Crippen molar-refractivity contribution in [3.63, 3.8) is 0 Å². The lowest BCUT2D eigenvalue weighted by atomic mass is 10.0. The summed E-state index contributed by atoms with van der Waals surface area (Å²) < 4.78 is 64.0. The molecule has 4 aromatic rings. The highest BCUT2D eigenvalue weighted by atomic mass is 79.9. The van der Waals surface area contributed by atoms with Crippen molar-refractivity contribution in [1.82, 2.24) is 18.8 Å². The van der Waals surface area contributed by atoms with Gasteiger partial charge >= 0.3 is 0 Å². The minimum atomic E-state index is -4.11. The molecule has 0 spiro atoms. The number of nitrogens with zero attached hydrogens (tertiary/aromatic N) is 4. The van der Waals surface area contributed by atoms with E-state index in [4.69, 9.17) is 4.74 Å². The molecule has 1 atom stereocenters. The zero-order valence-corrected chi connectivity index (χ0v) is 22.9. The quantitative estimate of drug-likeness (QED) is 0.314. The predicted molar refractivity (Wildman–Crippen MR) is 140 cm³/mol. The van der Waals surface area contributed by atoms with E-state index in [1.54, 1.807) is 12.1 Å². The molecule has 8 nitrogen and oxygen atoms in total. The fraction of sp³-hybridized carbons (Fsp3) is 0.269. The molecule has 1 aliphatic rings. The summed E-state index contributed by atoms with van der Waals surface area (Å²) in [5.41, 5.74) is 0.456. The van der Waals surface area contributed by atoms with E-state index in [1.807, 2.05) is 6.92 Å². The van der Waals surface area contributed by atoms with Gasteiger partial charge in [0, 0.05) is 37.9 Å². The van der Waals surface area contributed by atoms with Gasteiger partial charge < -0.3 is 9.64 Å². The Labute approximate surface area is 226 Å². The summed E-state index contributed by atoms with van der Waals surface area (Å²) in [6.45, 7) is 3.23. The Morgan fingerprint density at radius 1 is 1.21 bits per heavy atom. The molecule has 38 heavy (non-hydrogen) atoms. The van der Waals surface area contributed by atoms with E-state index in [2.05, 4.69) is 25.9 Å². The summed E-state index contributed by atoms with van der Waals surface area (Å²) >= 11 is 3.22. The van der Waals surface area contributed by atoms with E-state index < -0.39 is 33.1 Å². The first kappa shape index (κ1) is 26.4. The van der Waals surface area contributed by atoms with Crippen LogP contribution < -0.4 is 0 Å². The van der Waals surface area contributed by atoms with Crippen molar-refractivity contribution in [3.05, 3.63) is 76.2 Å². The maximum atomic E-state index is 15.3. The molecule has 2 aromatic carbocycles. The Hall–Kier alpha value is -3.22. The third-order valence-corrected chi connectivity index (χ3v) is 8.53. The molecule has 198 valence electrons. The number of benzene rings is 2. The van der Waals surface area contributed by atoms with Crippen LogP contribution in [0.2, 0.25) is 0 Å². The monoisotopic (exact) mass is 604 g/mol. The molecule has 0 bridgehead atoms. The van der Waals surface area contributed by atoms with E-state index in [0.717, 1.165) is 28.1 Å². The molecule has 1 amide bonds. The number of carbonyl (C=O) groups is 1. The van der Waals surface area contributed by atoms with Crippen LogP contribution in [0.5, 0.6) is 0 Å². The van der Waals surface area contributed by atoms with Gasteiger partial charge in [0.2, 0.25) is 0 Å². The standard InChI is InChI=1S/C26H23BrF2N4O4S/c1-15-3-5-18(6-4-15)38(35,36)33-13-19(24-25(33)30-11-22(27)31-24)17-9-20(28)23(21(29)10-17)26(34)32(2)12-16-7-8-37-14-16/h3-6,9-11,13,16H,7-8,12,14H2,1-2H3. The maximum absolute atomic E-state index is 15.3. The van der Waals surface area contributed by atoms with Crippen molar-refractivity contribution in [2.45, 2.75) is 18.2 Å². The number of halogens is 3. The van der Waals surface area contributed by atoms with Crippen LogP contribution in [-0.4, -0.2) is 60.0 Å². The zero-order chi connectivity index (χ0) is 27.2. The van der Waals surface area contributed by atoms with Gasteiger partial charge in [-0.3, -0.25) is 4.79 Å². The zero-order valence-electron chi connectivity index (χ0n) is 20.5. The highest BCUT2D eigenvalue weighted by molar-refractivity contribution is 9.10. The molecule has 3 heterocycles. The second-order valence-electron chi connectivity index (χ2n) is 9.25. The van der Waals surface area contributed by atoms with Gasteiger partial charge in [0.05, 0.1) is 17.7 Å². The van der Waals surface area contributed by atoms with E-state index in [-0.39, 0.29) is 33.1 Å². The number of aryl methyl sites for hydroxylation is 1. The van der Waals surface area contributed by atoms with Crippen LogP contribution in [0.25, 0.3) is 22.3 Å². The molecule has 0 N–H and O–H groups in total. The summed E-state index contributed by atoms with van der Waals surface area (Å²) in [5, 5.41) is 0. The SMILES string of the molecule is Cc1ccc(S(=O)(=O)n2cc(-c3cc(F)c(C(=O)N(C)CC4CCOC4)c(F)c3)c3nc(Br)cnc32)cc1. The minimum Gasteiger partial charge on any atom is -0.381 e. The Balaban J connectivity index is 1.58. The number of amides is 1. The van der Waals surface area contributed by atoms with Crippen LogP contribution in [-0.2, 0) is 14.8 Å². The van der Waals surface area contributed by atoms with Crippen LogP contribution in [0.1, 0.15) is 22.3 Å². The number of rotatable bonds is 6. The Morgan fingerprint density at radius 3 is 2.53 bits per heavy atom. The highest BCUT2D eigenvalue weighted by Crippen LogP contribution is 2.34. The lowest BCUT2D eigenvalue weighted by Crippen LogP contribution is -2.33. The summed E-state index contributed by atoms with van der Waals surface area (Å²) in [7, 11) is -2.62. The van der Waals surface area contributed by atoms with Crippen LogP contribution in [0, 0.1) is 24.5 Å². The third kappa shape index (κ3) is 4.83. The van der Waals surface area contributed by atoms with Gasteiger partial charge in [-0.1, -0.05) is 17.7 Å². The lowest BCUT2D eigenvalue weighted by Gasteiger charge is -2.21. The van der Waals surface area contributed by atoms with Crippen LogP contribution >= 0.6 is 15.9 Å². The van der Waals surface area contributed by atoms with Crippen LogP contribution in [0.3, 0.4) is 0 Å². The summed E-state index contributed by atoms with van der Waals surface area (Å²) in [5.74, 6) is -2.81. The van der Waals surface area contributed by atoms with Gasteiger partial charge in [-0.25, -0.2) is 31.1 Å². The summed E-state index contributed by atoms with van der Waals surface area (Å²) in [4.78, 5) is 22.7. The molecule has 5 rings (SSSR count). The van der Waals surface area contributed by atoms with Gasteiger partial charge in [0.1, 0.15) is 27.3 Å². The topological polar surface area (TPSA) is 94.4 Å².